The molecule has 1 amide bonds. The van der Waals surface area contributed by atoms with Crippen LogP contribution in [0.2, 0.25) is 0 Å². The van der Waals surface area contributed by atoms with E-state index in [1.165, 1.54) is 16.9 Å². The summed E-state index contributed by atoms with van der Waals surface area (Å²) in [5.41, 5.74) is 4.23. The lowest BCUT2D eigenvalue weighted by Crippen LogP contribution is -2.46. The number of piperazine rings is 1. The van der Waals surface area contributed by atoms with Crippen LogP contribution in [-0.4, -0.2) is 59.0 Å². The maximum atomic E-state index is 12.5. The number of aromatic nitrogens is 3. The minimum absolute atomic E-state index is 0.210. The second-order valence-corrected chi connectivity index (χ2v) is 9.69. The Morgan fingerprint density at radius 2 is 1.91 bits per heavy atom. The fourth-order valence-electron chi connectivity index (χ4n) is 4.08. The molecule has 1 fully saturated rings. The molecule has 4 heterocycles. The molecule has 35 heavy (non-hydrogen) atoms. The minimum Gasteiger partial charge on any atom is -0.340 e. The third-order valence-electron chi connectivity index (χ3n) is 6.16. The average Bonchev–Trinajstić information content (AvgIpc) is 3.29. The molecule has 0 bridgehead atoms. The Kier molecular flexibility index (Phi) is 6.87. The number of hydrogen-bond acceptors (Lipinski definition) is 8. The zero-order chi connectivity index (χ0) is 24.2. The van der Waals surface area contributed by atoms with Gasteiger partial charge in [0.25, 0.3) is 0 Å². The van der Waals surface area contributed by atoms with E-state index >= 15 is 0 Å². The largest absolute Gasteiger partial charge is 0.340 e. The van der Waals surface area contributed by atoms with Gasteiger partial charge in [0.05, 0.1) is 0 Å². The number of amides is 1. The molecule has 2 N–H and O–H groups in total. The standard InChI is InChI=1S/C26H29N7OS/c1-18-3-6-20(7-4-18)32(2)23-9-8-21-25(31-23)35-26(29-21)30-22-17-19(11-12-28-22)5-10-24(34)33-15-13-27-14-16-33/h3-4,6-9,11-12,17,27H,5,10,13-16H2,1-2H3,(H,28,29,30). The molecule has 1 aliphatic rings. The van der Waals surface area contributed by atoms with E-state index in [1.54, 1.807) is 6.20 Å². The molecule has 3 aromatic heterocycles. The summed E-state index contributed by atoms with van der Waals surface area (Å²) in [5.74, 6) is 1.79. The number of carbonyl (C=O) groups is 1. The smallest absolute Gasteiger partial charge is 0.222 e. The molecule has 0 spiro atoms. The van der Waals surface area contributed by atoms with Crippen LogP contribution in [0.5, 0.6) is 0 Å². The third-order valence-corrected chi connectivity index (χ3v) is 7.04. The molecule has 1 aliphatic heterocycles. The fraction of sp³-hybridized carbons (Fsp3) is 0.308. The zero-order valence-electron chi connectivity index (χ0n) is 20.0. The van der Waals surface area contributed by atoms with E-state index in [0.29, 0.717) is 18.7 Å². The SMILES string of the molecule is Cc1ccc(N(C)c2ccc3nc(Nc4cc(CCC(=O)N5CCNCC5)ccn4)sc3n2)cc1. The number of benzene rings is 1. The number of hydrogen-bond donors (Lipinski definition) is 2. The molecule has 1 aromatic carbocycles. The van der Waals surface area contributed by atoms with Crippen molar-refractivity contribution in [1.29, 1.82) is 0 Å². The summed E-state index contributed by atoms with van der Waals surface area (Å²) in [6.07, 6.45) is 2.97. The number of carbonyl (C=O) groups excluding carboxylic acids is 1. The number of aryl methyl sites for hydroxylation is 2. The van der Waals surface area contributed by atoms with Gasteiger partial charge < -0.3 is 20.4 Å². The van der Waals surface area contributed by atoms with Gasteiger partial charge >= 0.3 is 0 Å². The van der Waals surface area contributed by atoms with E-state index in [-0.39, 0.29) is 5.91 Å². The quantitative estimate of drug-likeness (QED) is 0.403. The summed E-state index contributed by atoms with van der Waals surface area (Å²) in [6, 6.07) is 16.3. The zero-order valence-corrected chi connectivity index (χ0v) is 20.8. The van der Waals surface area contributed by atoms with Crippen molar-refractivity contribution in [3.63, 3.8) is 0 Å². The number of rotatable bonds is 7. The van der Waals surface area contributed by atoms with Crippen LogP contribution in [0.25, 0.3) is 10.3 Å². The van der Waals surface area contributed by atoms with E-state index in [4.69, 9.17) is 4.98 Å². The van der Waals surface area contributed by atoms with Gasteiger partial charge in [-0.25, -0.2) is 15.0 Å². The highest BCUT2D eigenvalue weighted by atomic mass is 32.1. The van der Waals surface area contributed by atoms with Crippen molar-refractivity contribution in [2.45, 2.75) is 19.8 Å². The minimum atomic E-state index is 0.210. The first-order valence-electron chi connectivity index (χ1n) is 11.8. The van der Waals surface area contributed by atoms with Crippen LogP contribution in [-0.2, 0) is 11.2 Å². The van der Waals surface area contributed by atoms with Crippen molar-refractivity contribution >= 4 is 50.0 Å². The number of pyridine rings is 2. The van der Waals surface area contributed by atoms with Crippen molar-refractivity contribution in [3.8, 4) is 0 Å². The molecule has 0 atom stereocenters. The predicted molar refractivity (Wildman–Crippen MR) is 142 cm³/mol. The van der Waals surface area contributed by atoms with Gasteiger partial charge in [-0.3, -0.25) is 4.79 Å². The van der Waals surface area contributed by atoms with Crippen LogP contribution in [0.3, 0.4) is 0 Å². The van der Waals surface area contributed by atoms with Crippen LogP contribution in [0.4, 0.5) is 22.5 Å². The normalized spacial score (nSPS) is 13.7. The third kappa shape index (κ3) is 5.58. The second kappa shape index (κ2) is 10.4. The van der Waals surface area contributed by atoms with Crippen LogP contribution in [0.15, 0.2) is 54.7 Å². The maximum Gasteiger partial charge on any atom is 0.222 e. The molecule has 4 aromatic rings. The first kappa shape index (κ1) is 23.2. The van der Waals surface area contributed by atoms with Crippen molar-refractivity contribution < 1.29 is 4.79 Å². The van der Waals surface area contributed by atoms with Gasteiger partial charge in [0.2, 0.25) is 5.91 Å². The van der Waals surface area contributed by atoms with Crippen molar-refractivity contribution in [2.75, 3.05) is 43.4 Å². The summed E-state index contributed by atoms with van der Waals surface area (Å²) in [5, 5.41) is 7.33. The number of nitrogens with one attached hydrogen (secondary N) is 2. The van der Waals surface area contributed by atoms with Gasteiger partial charge in [-0.1, -0.05) is 29.0 Å². The number of fused-ring (bicyclic) bond motifs is 1. The first-order valence-corrected chi connectivity index (χ1v) is 12.7. The molecule has 180 valence electrons. The van der Waals surface area contributed by atoms with Crippen LogP contribution in [0.1, 0.15) is 17.5 Å². The number of anilines is 4. The highest BCUT2D eigenvalue weighted by Crippen LogP contribution is 2.30. The number of thiazole rings is 1. The Morgan fingerprint density at radius 3 is 2.71 bits per heavy atom. The lowest BCUT2D eigenvalue weighted by molar-refractivity contribution is -0.131. The summed E-state index contributed by atoms with van der Waals surface area (Å²) < 4.78 is 0. The lowest BCUT2D eigenvalue weighted by atomic mass is 10.1. The Balaban J connectivity index is 1.25. The van der Waals surface area contributed by atoms with Crippen molar-refractivity contribution in [3.05, 3.63) is 65.9 Å². The molecular weight excluding hydrogens is 458 g/mol. The van der Waals surface area contributed by atoms with Crippen LogP contribution < -0.4 is 15.5 Å². The van der Waals surface area contributed by atoms with Crippen molar-refractivity contribution in [1.82, 2.24) is 25.2 Å². The van der Waals surface area contributed by atoms with Crippen LogP contribution in [0, 0.1) is 6.92 Å². The van der Waals surface area contributed by atoms with Crippen molar-refractivity contribution in [2.24, 2.45) is 0 Å². The summed E-state index contributed by atoms with van der Waals surface area (Å²) in [6.45, 7) is 5.40. The van der Waals surface area contributed by atoms with Crippen LogP contribution >= 0.6 is 11.3 Å². The number of nitrogens with zero attached hydrogens (tertiary/aromatic N) is 5. The predicted octanol–water partition coefficient (Wildman–Crippen LogP) is 4.27. The van der Waals surface area contributed by atoms with E-state index in [0.717, 1.165) is 58.7 Å². The van der Waals surface area contributed by atoms with Gasteiger partial charge in [-0.15, -0.1) is 0 Å². The molecule has 8 nitrogen and oxygen atoms in total. The Hall–Kier alpha value is -3.56. The van der Waals surface area contributed by atoms with Gasteiger partial charge in [0, 0.05) is 51.5 Å². The lowest BCUT2D eigenvalue weighted by Gasteiger charge is -2.27. The molecule has 0 unspecified atom stereocenters. The fourth-order valence-corrected chi connectivity index (χ4v) is 4.92. The first-order chi connectivity index (χ1) is 17.0. The molecule has 0 radical (unpaired) electrons. The Morgan fingerprint density at radius 1 is 1.11 bits per heavy atom. The summed E-state index contributed by atoms with van der Waals surface area (Å²) in [4.78, 5) is 31.3. The Labute approximate surface area is 209 Å². The highest BCUT2D eigenvalue weighted by Gasteiger charge is 2.16. The second-order valence-electron chi connectivity index (χ2n) is 8.71. The summed E-state index contributed by atoms with van der Waals surface area (Å²) in [7, 11) is 2.02. The highest BCUT2D eigenvalue weighted by molar-refractivity contribution is 7.21. The molecule has 9 heteroatoms. The topological polar surface area (TPSA) is 86.3 Å². The molecule has 5 rings (SSSR count). The monoisotopic (exact) mass is 487 g/mol. The maximum absolute atomic E-state index is 12.5. The Bertz CT molecular complexity index is 1320. The van der Waals surface area contributed by atoms with Gasteiger partial charge in [-0.2, -0.15) is 0 Å². The van der Waals surface area contributed by atoms with E-state index in [1.807, 2.05) is 36.2 Å². The van der Waals surface area contributed by atoms with Gasteiger partial charge in [0.1, 0.15) is 22.0 Å². The summed E-state index contributed by atoms with van der Waals surface area (Å²) >= 11 is 1.50. The van der Waals surface area contributed by atoms with E-state index < -0.39 is 0 Å². The van der Waals surface area contributed by atoms with E-state index in [9.17, 15) is 4.79 Å². The molecule has 0 aliphatic carbocycles. The molecular formula is C26H29N7OS. The van der Waals surface area contributed by atoms with E-state index in [2.05, 4.69) is 56.7 Å². The van der Waals surface area contributed by atoms with Gasteiger partial charge in [0.15, 0.2) is 5.13 Å². The molecule has 0 saturated carbocycles. The average molecular weight is 488 g/mol. The molecule has 1 saturated heterocycles. The van der Waals surface area contributed by atoms with Gasteiger partial charge in [-0.05, 0) is 55.3 Å².